The number of anilines is 1. The highest BCUT2D eigenvalue weighted by atomic mass is 19.1. The monoisotopic (exact) mass is 492 g/mol. The number of nitrogens with zero attached hydrogens (tertiary/aromatic N) is 6. The number of hydrogen-bond acceptors (Lipinski definition) is 6. The summed E-state index contributed by atoms with van der Waals surface area (Å²) in [5, 5.41) is 0. The number of benzene rings is 2. The third-order valence-electron chi connectivity index (χ3n) is 6.68. The fraction of sp³-hybridized carbons (Fsp3) is 0.333. The summed E-state index contributed by atoms with van der Waals surface area (Å²) in [5.74, 6) is -1.69. The molecule has 0 bridgehead atoms. The Hall–Kier alpha value is -3.59. The molecule has 0 spiro atoms. The Balaban J connectivity index is 1.63. The second-order valence-electron chi connectivity index (χ2n) is 9.40. The second-order valence-corrected chi connectivity index (χ2v) is 9.40. The lowest BCUT2D eigenvalue weighted by atomic mass is 10.1. The lowest BCUT2D eigenvalue weighted by Gasteiger charge is -2.38. The molecule has 9 heteroatoms. The van der Waals surface area contributed by atoms with Crippen LogP contribution in [0.3, 0.4) is 0 Å². The summed E-state index contributed by atoms with van der Waals surface area (Å²) >= 11 is 0. The molecule has 5 rings (SSSR count). The summed E-state index contributed by atoms with van der Waals surface area (Å²) in [5.41, 5.74) is 3.31. The van der Waals surface area contributed by atoms with E-state index in [1.54, 1.807) is 13.8 Å². The third kappa shape index (κ3) is 4.63. The molecule has 0 amide bonds. The maximum Gasteiger partial charge on any atom is 0.182 e. The molecule has 186 valence electrons. The summed E-state index contributed by atoms with van der Waals surface area (Å²) in [6.07, 6.45) is 0. The van der Waals surface area contributed by atoms with Crippen LogP contribution in [0.15, 0.2) is 36.4 Å². The predicted molar refractivity (Wildman–Crippen MR) is 134 cm³/mol. The van der Waals surface area contributed by atoms with Crippen molar-refractivity contribution in [2.45, 2.75) is 33.7 Å². The summed E-state index contributed by atoms with van der Waals surface area (Å²) in [6, 6.07) is 8.44. The van der Waals surface area contributed by atoms with E-state index in [9.17, 15) is 13.2 Å². The predicted octanol–water partition coefficient (Wildman–Crippen LogP) is 5.32. The summed E-state index contributed by atoms with van der Waals surface area (Å²) in [4.78, 5) is 22.8. The van der Waals surface area contributed by atoms with Crippen molar-refractivity contribution < 1.29 is 13.2 Å². The molecular weight excluding hydrogens is 465 g/mol. The Morgan fingerprint density at radius 1 is 0.778 bits per heavy atom. The van der Waals surface area contributed by atoms with E-state index in [1.807, 2.05) is 6.07 Å². The fourth-order valence-electron chi connectivity index (χ4n) is 4.49. The van der Waals surface area contributed by atoms with Crippen molar-refractivity contribution in [3.63, 3.8) is 0 Å². The van der Waals surface area contributed by atoms with E-state index in [0.29, 0.717) is 28.5 Å². The number of rotatable bonds is 4. The van der Waals surface area contributed by atoms with Gasteiger partial charge in [-0.2, -0.15) is 0 Å². The van der Waals surface area contributed by atoms with Crippen molar-refractivity contribution in [1.29, 1.82) is 0 Å². The fourth-order valence-corrected chi connectivity index (χ4v) is 4.49. The van der Waals surface area contributed by atoms with Crippen LogP contribution in [0.25, 0.3) is 33.8 Å². The zero-order valence-corrected chi connectivity index (χ0v) is 20.7. The Morgan fingerprint density at radius 2 is 1.50 bits per heavy atom. The highest BCUT2D eigenvalue weighted by Gasteiger charge is 2.22. The molecule has 0 saturated carbocycles. The van der Waals surface area contributed by atoms with Crippen LogP contribution in [0.1, 0.15) is 25.2 Å². The number of aryl methyl sites for hydroxylation is 2. The molecule has 2 aromatic carbocycles. The van der Waals surface area contributed by atoms with Crippen LogP contribution < -0.4 is 4.90 Å². The zero-order chi connectivity index (χ0) is 25.6. The maximum atomic E-state index is 14.8. The Morgan fingerprint density at radius 3 is 2.19 bits per heavy atom. The van der Waals surface area contributed by atoms with Gasteiger partial charge >= 0.3 is 0 Å². The normalized spacial score (nSPS) is 14.7. The largest absolute Gasteiger partial charge is 0.369 e. The van der Waals surface area contributed by atoms with Crippen LogP contribution in [0.4, 0.5) is 18.9 Å². The first-order valence-corrected chi connectivity index (χ1v) is 12.0. The van der Waals surface area contributed by atoms with Gasteiger partial charge in [0, 0.05) is 55.1 Å². The van der Waals surface area contributed by atoms with Gasteiger partial charge in [0.25, 0.3) is 0 Å². The molecule has 6 nitrogen and oxygen atoms in total. The highest BCUT2D eigenvalue weighted by molar-refractivity contribution is 5.89. The SMILES string of the molecule is Cc1nc2nc(-c3cc(F)cc(N4CCN(C(C)C)CC4)c3)nc(-c3ccc(F)cc3F)c2nc1C. The van der Waals surface area contributed by atoms with Gasteiger partial charge in [0.15, 0.2) is 11.5 Å². The molecule has 1 aliphatic heterocycles. The van der Waals surface area contributed by atoms with Gasteiger partial charge in [-0.05, 0) is 58.0 Å². The smallest absolute Gasteiger partial charge is 0.182 e. The van der Waals surface area contributed by atoms with Gasteiger partial charge in [-0.25, -0.2) is 33.1 Å². The Bertz CT molecular complexity index is 1450. The van der Waals surface area contributed by atoms with E-state index < -0.39 is 17.5 Å². The average molecular weight is 493 g/mol. The second kappa shape index (κ2) is 9.46. The van der Waals surface area contributed by atoms with Gasteiger partial charge in [-0.15, -0.1) is 0 Å². The van der Waals surface area contributed by atoms with E-state index in [0.717, 1.165) is 44.0 Å². The van der Waals surface area contributed by atoms with Crippen LogP contribution in [-0.2, 0) is 0 Å². The molecule has 2 aromatic heterocycles. The first kappa shape index (κ1) is 24.1. The first-order chi connectivity index (χ1) is 17.2. The molecule has 1 saturated heterocycles. The minimum absolute atomic E-state index is 0.0732. The number of halogens is 3. The number of hydrogen-bond donors (Lipinski definition) is 0. The van der Waals surface area contributed by atoms with Gasteiger partial charge in [-0.3, -0.25) is 4.90 Å². The van der Waals surface area contributed by atoms with Crippen LogP contribution in [0.2, 0.25) is 0 Å². The van der Waals surface area contributed by atoms with Gasteiger partial charge in [0.1, 0.15) is 28.7 Å². The van der Waals surface area contributed by atoms with Crippen molar-refractivity contribution in [3.8, 4) is 22.6 Å². The number of piperazine rings is 1. The molecule has 0 atom stereocenters. The molecule has 0 N–H and O–H groups in total. The van der Waals surface area contributed by atoms with Crippen molar-refractivity contribution in [3.05, 3.63) is 65.2 Å². The van der Waals surface area contributed by atoms with Gasteiger partial charge < -0.3 is 4.90 Å². The van der Waals surface area contributed by atoms with Crippen molar-refractivity contribution in [2.24, 2.45) is 0 Å². The van der Waals surface area contributed by atoms with E-state index in [-0.39, 0.29) is 22.7 Å². The quantitative estimate of drug-likeness (QED) is 0.385. The van der Waals surface area contributed by atoms with Gasteiger partial charge in [0.2, 0.25) is 0 Å². The molecular formula is C27H27F3N6. The number of aromatic nitrogens is 4. The zero-order valence-electron chi connectivity index (χ0n) is 20.7. The minimum Gasteiger partial charge on any atom is -0.369 e. The summed E-state index contributed by atoms with van der Waals surface area (Å²) < 4.78 is 43.3. The molecule has 0 unspecified atom stereocenters. The Kier molecular flexibility index (Phi) is 6.34. The topological polar surface area (TPSA) is 58.0 Å². The van der Waals surface area contributed by atoms with Crippen LogP contribution in [0.5, 0.6) is 0 Å². The molecule has 36 heavy (non-hydrogen) atoms. The third-order valence-corrected chi connectivity index (χ3v) is 6.68. The lowest BCUT2D eigenvalue weighted by molar-refractivity contribution is 0.209. The van der Waals surface area contributed by atoms with Crippen molar-refractivity contribution in [2.75, 3.05) is 31.1 Å². The number of fused-ring (bicyclic) bond motifs is 1. The average Bonchev–Trinajstić information content (AvgIpc) is 2.84. The van der Waals surface area contributed by atoms with Crippen LogP contribution in [0, 0.1) is 31.3 Å². The van der Waals surface area contributed by atoms with E-state index >= 15 is 0 Å². The molecule has 0 radical (unpaired) electrons. The van der Waals surface area contributed by atoms with Crippen molar-refractivity contribution in [1.82, 2.24) is 24.8 Å². The molecule has 0 aliphatic carbocycles. The molecule has 1 aliphatic rings. The first-order valence-electron chi connectivity index (χ1n) is 12.0. The maximum absolute atomic E-state index is 14.8. The standard InChI is InChI=1S/C27H27F3N6/c1-15(2)35-7-9-36(10-8-35)21-12-18(11-20(29)13-21)26-33-24(22-6-5-19(28)14-23(22)30)25-27(34-26)32-17(4)16(3)31-25/h5-6,11-15H,7-10H2,1-4H3. The van der Waals surface area contributed by atoms with Crippen LogP contribution in [-0.4, -0.2) is 57.1 Å². The minimum atomic E-state index is -0.774. The molecule has 3 heterocycles. The van der Waals surface area contributed by atoms with E-state index in [2.05, 4.69) is 43.6 Å². The molecule has 4 aromatic rings. The highest BCUT2D eigenvalue weighted by Crippen LogP contribution is 2.32. The van der Waals surface area contributed by atoms with E-state index in [1.165, 1.54) is 18.2 Å². The van der Waals surface area contributed by atoms with Gasteiger partial charge in [-0.1, -0.05) is 0 Å². The van der Waals surface area contributed by atoms with Gasteiger partial charge in [0.05, 0.1) is 11.4 Å². The van der Waals surface area contributed by atoms with E-state index in [4.69, 9.17) is 0 Å². The summed E-state index contributed by atoms with van der Waals surface area (Å²) in [7, 11) is 0. The molecule has 1 fully saturated rings. The lowest BCUT2D eigenvalue weighted by Crippen LogP contribution is -2.48. The Labute approximate surface area is 207 Å². The summed E-state index contributed by atoms with van der Waals surface area (Å²) in [6.45, 7) is 11.3. The van der Waals surface area contributed by atoms with Crippen molar-refractivity contribution >= 4 is 16.9 Å². The van der Waals surface area contributed by atoms with Crippen LogP contribution >= 0.6 is 0 Å².